The van der Waals surface area contributed by atoms with Crippen molar-refractivity contribution < 1.29 is 23.1 Å². The van der Waals surface area contributed by atoms with Gasteiger partial charge in [-0.1, -0.05) is 53.1 Å². The molecule has 10 rings (SSSR count). The highest BCUT2D eigenvalue weighted by molar-refractivity contribution is 6.31. The van der Waals surface area contributed by atoms with Gasteiger partial charge in [0.25, 0.3) is 12.3 Å². The number of alkyl halides is 2. The van der Waals surface area contributed by atoms with E-state index >= 15 is 0 Å². The molecule has 2 amide bonds. The number of aryl methyl sites for hydroxylation is 2. The predicted molar refractivity (Wildman–Crippen MR) is 276 cm³/mol. The molecule has 3 fully saturated rings. The van der Waals surface area contributed by atoms with Gasteiger partial charge in [-0.15, -0.1) is 0 Å². The Morgan fingerprint density at radius 2 is 1.70 bits per heavy atom. The minimum Gasteiger partial charge on any atom is -0.489 e. The van der Waals surface area contributed by atoms with E-state index in [2.05, 4.69) is 77.4 Å². The number of rotatable bonds is 11. The molecule has 5 aliphatic rings. The number of piperidine rings is 2. The third-order valence-corrected chi connectivity index (χ3v) is 17.1. The van der Waals surface area contributed by atoms with Gasteiger partial charge in [-0.2, -0.15) is 15.5 Å². The van der Waals surface area contributed by atoms with Gasteiger partial charge in [0.2, 0.25) is 11.9 Å². The zero-order valence-electron chi connectivity index (χ0n) is 43.3. The van der Waals surface area contributed by atoms with Crippen molar-refractivity contribution in [3.05, 3.63) is 93.7 Å². The normalized spacial score (nSPS) is 22.6. The summed E-state index contributed by atoms with van der Waals surface area (Å²) >= 11 is 6.29. The zero-order chi connectivity index (χ0) is 51.7. The second-order valence-electron chi connectivity index (χ2n) is 22.9. The van der Waals surface area contributed by atoms with Crippen LogP contribution in [-0.2, 0) is 31.2 Å². The Labute approximate surface area is 431 Å². The lowest BCUT2D eigenvalue weighted by Gasteiger charge is -2.63. The lowest BCUT2D eigenvalue weighted by Crippen LogP contribution is -2.74. The summed E-state index contributed by atoms with van der Waals surface area (Å²) in [5.41, 5.74) is 5.08. The lowest BCUT2D eigenvalue weighted by molar-refractivity contribution is -0.164. The number of hydrogen-bond acceptors (Lipinski definition) is 11. The molecule has 1 aliphatic carbocycles. The van der Waals surface area contributed by atoms with E-state index in [0.29, 0.717) is 70.9 Å². The van der Waals surface area contributed by atoms with Crippen LogP contribution in [0.1, 0.15) is 125 Å². The number of nitrogens with one attached hydrogen (secondary N) is 1. The zero-order valence-corrected chi connectivity index (χ0v) is 44.0. The number of hydrogen-bond donors (Lipinski definition) is 1. The Morgan fingerprint density at radius 3 is 2.34 bits per heavy atom. The second kappa shape index (κ2) is 19.3. The highest BCUT2D eigenvalue weighted by Crippen LogP contribution is 2.56. The van der Waals surface area contributed by atoms with Gasteiger partial charge in [0.05, 0.1) is 34.9 Å². The van der Waals surface area contributed by atoms with Gasteiger partial charge in [-0.3, -0.25) is 19.0 Å². The van der Waals surface area contributed by atoms with Crippen LogP contribution in [0.3, 0.4) is 0 Å². The van der Waals surface area contributed by atoms with Crippen molar-refractivity contribution in [1.29, 1.82) is 5.26 Å². The van der Waals surface area contributed by atoms with Crippen molar-refractivity contribution in [3.63, 3.8) is 0 Å². The van der Waals surface area contributed by atoms with Gasteiger partial charge < -0.3 is 29.7 Å². The van der Waals surface area contributed by atoms with E-state index < -0.39 is 17.3 Å². The van der Waals surface area contributed by atoms with Crippen molar-refractivity contribution >= 4 is 40.9 Å². The van der Waals surface area contributed by atoms with E-state index in [4.69, 9.17) is 31.4 Å². The molecule has 73 heavy (non-hydrogen) atoms. The van der Waals surface area contributed by atoms with E-state index in [1.54, 1.807) is 67.7 Å². The number of carbonyl (C=O) groups is 2. The topological polar surface area (TPSA) is 154 Å². The third-order valence-electron chi connectivity index (χ3n) is 16.8. The van der Waals surface area contributed by atoms with E-state index in [1.807, 2.05) is 11.0 Å². The molecule has 15 nitrogen and oxygen atoms in total. The minimum absolute atomic E-state index is 0.0168. The van der Waals surface area contributed by atoms with E-state index in [1.165, 1.54) is 0 Å². The van der Waals surface area contributed by atoms with Crippen LogP contribution < -0.4 is 19.9 Å². The smallest absolute Gasteiger partial charge is 0.264 e. The van der Waals surface area contributed by atoms with Crippen LogP contribution in [0.2, 0.25) is 5.02 Å². The predicted octanol–water partition coefficient (Wildman–Crippen LogP) is 9.33. The molecule has 2 aromatic carbocycles. The molecule has 0 bridgehead atoms. The molecular weight excluding hydrogens is 950 g/mol. The molecule has 1 saturated carbocycles. The molecule has 4 aliphatic heterocycles. The maximum absolute atomic E-state index is 14.8. The number of anilines is 3. The Balaban J connectivity index is 0.769. The molecule has 1 N–H and O–H groups in total. The molecule has 1 atom stereocenters. The van der Waals surface area contributed by atoms with Crippen molar-refractivity contribution in [2.45, 2.75) is 118 Å². The summed E-state index contributed by atoms with van der Waals surface area (Å²) in [5, 5.41) is 22.5. The molecule has 0 spiro atoms. The average Bonchev–Trinajstić information content (AvgIpc) is 3.98. The van der Waals surface area contributed by atoms with Crippen molar-refractivity contribution in [2.75, 3.05) is 55.6 Å². The molecule has 1 unspecified atom stereocenters. The Hall–Kier alpha value is -6.12. The summed E-state index contributed by atoms with van der Waals surface area (Å²) in [5.74, 6) is 2.22. The molecule has 7 heterocycles. The molecule has 386 valence electrons. The number of nitrogens with zero attached hydrogens (tertiary/aromatic N) is 11. The first-order chi connectivity index (χ1) is 34.7. The summed E-state index contributed by atoms with van der Waals surface area (Å²) in [6.45, 7) is 20.8. The first-order valence-electron chi connectivity index (χ1n) is 25.8. The first kappa shape index (κ1) is 50.4. The fourth-order valence-electron chi connectivity index (χ4n) is 13.1. The monoisotopic (exact) mass is 1020 g/mol. The average molecular weight is 1020 g/mol. The number of carbonyl (C=O) groups excluding carboxylic acids is 2. The standard InChI is InChI=1S/C55H67ClF2N12O3/c1-33(71)67-21-16-45-43(31-67)48(69-17-9-10-34-22-41(37-28-62-65(8)29-37)42(47(57)58)24-46(34)69)64-70(45)39-14-18-66(19-15-39)30-38-13-20-68(32-53(38,2)3)52-60-26-36(27-61-52)49(72)63-50-54(4,5)51(55(50,6)7)73-40-12-11-35(25-59)44(56)23-40/h11-12,22-24,26-29,38-39,47,50-51H,9-10,13-21,30-32H2,1-8H3,(H,63,72). The number of fused-ring (bicyclic) bond motifs is 2. The minimum atomic E-state index is -2.67. The highest BCUT2D eigenvalue weighted by atomic mass is 35.5. The third kappa shape index (κ3) is 9.43. The van der Waals surface area contributed by atoms with Gasteiger partial charge in [-0.05, 0) is 78.8 Å². The van der Waals surface area contributed by atoms with Gasteiger partial charge in [0.1, 0.15) is 17.9 Å². The quantitative estimate of drug-likeness (QED) is 0.135. The van der Waals surface area contributed by atoms with Gasteiger partial charge >= 0.3 is 0 Å². The second-order valence-corrected chi connectivity index (χ2v) is 23.3. The Morgan fingerprint density at radius 1 is 0.959 bits per heavy atom. The number of halogens is 3. The number of amides is 2. The highest BCUT2D eigenvalue weighted by Gasteiger charge is 2.64. The molecule has 5 aromatic rings. The fourth-order valence-corrected chi connectivity index (χ4v) is 13.3. The molecule has 0 radical (unpaired) electrons. The number of aromatic nitrogens is 6. The summed E-state index contributed by atoms with van der Waals surface area (Å²) in [6, 6.07) is 10.7. The maximum atomic E-state index is 14.8. The number of benzene rings is 2. The first-order valence-corrected chi connectivity index (χ1v) is 26.1. The van der Waals surface area contributed by atoms with Gasteiger partial charge in [0.15, 0.2) is 5.82 Å². The van der Waals surface area contributed by atoms with Gasteiger partial charge in [0, 0.05) is 136 Å². The van der Waals surface area contributed by atoms with E-state index in [9.17, 15) is 23.6 Å². The molecule has 18 heteroatoms. The van der Waals surface area contributed by atoms with Crippen LogP contribution >= 0.6 is 11.6 Å². The van der Waals surface area contributed by atoms with Crippen LogP contribution in [-0.4, -0.2) is 109 Å². The SMILES string of the molecule is CC(=O)N1CCc2c(c(N3CCCc4cc(-c5cnn(C)c5)c(C(F)F)cc43)nn2C2CCN(CC3CCN(c4ncc(C(=O)NC5C(C)(C)C(Oc6ccc(C#N)c(Cl)c6)C5(C)C)cn4)CC3(C)C)CC2)C1. The summed E-state index contributed by atoms with van der Waals surface area (Å²) < 4.78 is 39.9. The molecular formula is C55H67ClF2N12O3. The van der Waals surface area contributed by atoms with Crippen LogP contribution in [0.5, 0.6) is 5.75 Å². The van der Waals surface area contributed by atoms with Crippen LogP contribution in [0, 0.1) is 33.5 Å². The largest absolute Gasteiger partial charge is 0.489 e. The number of likely N-dealkylation sites (tertiary alicyclic amines) is 1. The summed E-state index contributed by atoms with van der Waals surface area (Å²) in [4.78, 5) is 44.7. The number of nitriles is 1. The molecule has 2 saturated heterocycles. The van der Waals surface area contributed by atoms with E-state index in [0.717, 1.165) is 93.2 Å². The van der Waals surface area contributed by atoms with Crippen molar-refractivity contribution in [3.8, 4) is 22.9 Å². The number of ether oxygens (including phenoxy) is 1. The summed E-state index contributed by atoms with van der Waals surface area (Å²) in [6.07, 6.45) is 8.98. The lowest BCUT2D eigenvalue weighted by atomic mass is 9.49. The van der Waals surface area contributed by atoms with E-state index in [-0.39, 0.29) is 41.0 Å². The van der Waals surface area contributed by atoms with Crippen LogP contribution in [0.25, 0.3) is 11.1 Å². The van der Waals surface area contributed by atoms with Gasteiger partial charge in [-0.25, -0.2) is 18.7 Å². The van der Waals surface area contributed by atoms with Crippen molar-refractivity contribution in [2.24, 2.45) is 29.2 Å². The van der Waals surface area contributed by atoms with Crippen LogP contribution in [0.15, 0.2) is 55.1 Å². The van der Waals surface area contributed by atoms with Crippen LogP contribution in [0.4, 0.5) is 26.2 Å². The maximum Gasteiger partial charge on any atom is 0.264 e. The van der Waals surface area contributed by atoms with Crippen molar-refractivity contribution in [1.82, 2.24) is 44.6 Å². The molecule has 3 aromatic heterocycles. The summed E-state index contributed by atoms with van der Waals surface area (Å²) in [7, 11) is 1.79. The Kier molecular flexibility index (Phi) is 13.3. The Bertz CT molecular complexity index is 2940. The fraction of sp³-hybridized carbons (Fsp3) is 0.545.